The number of carbonyl (C=O) groups excluding carboxylic acids is 1. The van der Waals surface area contributed by atoms with Crippen LogP contribution in [0.3, 0.4) is 0 Å². The molecule has 0 bridgehead atoms. The van der Waals surface area contributed by atoms with Crippen LogP contribution in [0.15, 0.2) is 48.7 Å². The summed E-state index contributed by atoms with van der Waals surface area (Å²) in [5.74, 6) is -4.44. The standard InChI is InChI=1S/C28H29F2N5O5/c29-28(30,21-3-1-2-12-32-21)16-40-27-33-24(31)23-25(34-27)39-14-13-35(26(23)38)20-10-8-19(9-11-20)18-6-4-17(5-7-18)15-22(36)37/h1-3,8-12,17-18H,4-7,13-16H2,(H,36,37)(H2,31,33,34). The Bertz CT molecular complexity index is 1370. The minimum absolute atomic E-state index is 0.0674. The van der Waals surface area contributed by atoms with Gasteiger partial charge >= 0.3 is 17.9 Å². The Balaban J connectivity index is 1.27. The van der Waals surface area contributed by atoms with E-state index >= 15 is 0 Å². The molecule has 40 heavy (non-hydrogen) atoms. The highest BCUT2D eigenvalue weighted by atomic mass is 19.3. The molecule has 5 rings (SSSR count). The molecule has 0 spiro atoms. The van der Waals surface area contributed by atoms with Crippen molar-refractivity contribution in [2.24, 2.45) is 5.92 Å². The number of aromatic nitrogens is 3. The summed E-state index contributed by atoms with van der Waals surface area (Å²) in [4.78, 5) is 37.6. The molecule has 10 nitrogen and oxygen atoms in total. The first-order valence-corrected chi connectivity index (χ1v) is 13.1. The van der Waals surface area contributed by atoms with E-state index < -0.39 is 36.1 Å². The van der Waals surface area contributed by atoms with Crippen molar-refractivity contribution in [3.05, 3.63) is 65.5 Å². The zero-order valence-electron chi connectivity index (χ0n) is 21.6. The van der Waals surface area contributed by atoms with Gasteiger partial charge in [0, 0.05) is 18.3 Å². The molecule has 3 N–H and O–H groups in total. The Labute approximate surface area is 229 Å². The number of carboxylic acids is 1. The summed E-state index contributed by atoms with van der Waals surface area (Å²) < 4.78 is 39.7. The third-order valence-electron chi connectivity index (χ3n) is 7.30. The minimum atomic E-state index is -3.40. The van der Waals surface area contributed by atoms with Gasteiger partial charge in [-0.2, -0.15) is 18.7 Å². The van der Waals surface area contributed by atoms with Crippen LogP contribution in [-0.4, -0.2) is 51.7 Å². The number of halogens is 2. The van der Waals surface area contributed by atoms with Crippen LogP contribution in [-0.2, 0) is 10.7 Å². The number of hydrogen-bond acceptors (Lipinski definition) is 8. The number of nitrogens with zero attached hydrogens (tertiary/aromatic N) is 4. The van der Waals surface area contributed by atoms with Crippen LogP contribution in [0, 0.1) is 5.92 Å². The number of nitrogen functional groups attached to an aromatic ring is 1. The summed E-state index contributed by atoms with van der Waals surface area (Å²) in [7, 11) is 0. The normalized spacial score (nSPS) is 19.4. The van der Waals surface area contributed by atoms with Gasteiger partial charge in [-0.1, -0.05) is 18.2 Å². The zero-order chi connectivity index (χ0) is 28.3. The Kier molecular flexibility index (Phi) is 7.76. The number of fused-ring (bicyclic) bond motifs is 1. The molecule has 1 aliphatic heterocycles. The van der Waals surface area contributed by atoms with Gasteiger partial charge in [0.25, 0.3) is 5.91 Å². The smallest absolute Gasteiger partial charge is 0.322 e. The van der Waals surface area contributed by atoms with Crippen LogP contribution in [0.25, 0.3) is 0 Å². The van der Waals surface area contributed by atoms with Crippen LogP contribution in [0.5, 0.6) is 11.9 Å². The maximum absolute atomic E-state index is 14.5. The van der Waals surface area contributed by atoms with Gasteiger partial charge < -0.3 is 25.2 Å². The van der Waals surface area contributed by atoms with Crippen LogP contribution in [0.4, 0.5) is 20.3 Å². The van der Waals surface area contributed by atoms with Crippen LogP contribution in [0.2, 0.25) is 0 Å². The molecule has 1 aromatic carbocycles. The van der Waals surface area contributed by atoms with Gasteiger partial charge in [0.15, 0.2) is 6.61 Å². The average Bonchev–Trinajstić information content (AvgIpc) is 3.11. The van der Waals surface area contributed by atoms with Crippen molar-refractivity contribution in [2.45, 2.75) is 43.9 Å². The number of hydrogen-bond donors (Lipinski definition) is 2. The maximum Gasteiger partial charge on any atom is 0.322 e. The first kappa shape index (κ1) is 27.2. The fourth-order valence-electron chi connectivity index (χ4n) is 5.20. The lowest BCUT2D eigenvalue weighted by Gasteiger charge is -2.28. The van der Waals surface area contributed by atoms with Crippen molar-refractivity contribution in [3.8, 4) is 11.9 Å². The Morgan fingerprint density at radius 1 is 1.12 bits per heavy atom. The van der Waals surface area contributed by atoms with Crippen molar-refractivity contribution in [3.63, 3.8) is 0 Å². The Morgan fingerprint density at radius 2 is 1.88 bits per heavy atom. The Hall–Kier alpha value is -4.35. The lowest BCUT2D eigenvalue weighted by Crippen LogP contribution is -2.32. The molecular formula is C28H29F2N5O5. The number of pyridine rings is 1. The van der Waals surface area contributed by atoms with E-state index in [9.17, 15) is 18.4 Å². The maximum atomic E-state index is 14.5. The van der Waals surface area contributed by atoms with Gasteiger partial charge in [0.2, 0.25) is 5.88 Å². The molecule has 0 radical (unpaired) electrons. The van der Waals surface area contributed by atoms with Crippen LogP contribution < -0.4 is 20.1 Å². The summed E-state index contributed by atoms with van der Waals surface area (Å²) in [6.07, 6.45) is 5.07. The summed E-state index contributed by atoms with van der Waals surface area (Å²) in [6.45, 7) is -0.772. The predicted octanol–water partition coefficient (Wildman–Crippen LogP) is 4.41. The van der Waals surface area contributed by atoms with E-state index in [-0.39, 0.29) is 42.8 Å². The van der Waals surface area contributed by atoms with Crippen molar-refractivity contribution in [1.82, 2.24) is 15.0 Å². The number of carboxylic acid groups (broad SMARTS) is 1. The number of aliphatic carboxylic acids is 1. The zero-order valence-corrected chi connectivity index (χ0v) is 21.6. The largest absolute Gasteiger partial charge is 0.481 e. The van der Waals surface area contributed by atoms with E-state index in [1.165, 1.54) is 29.3 Å². The predicted molar refractivity (Wildman–Crippen MR) is 141 cm³/mol. The number of anilines is 2. The number of rotatable bonds is 8. The molecule has 2 aliphatic rings. The molecule has 1 aliphatic carbocycles. The summed E-state index contributed by atoms with van der Waals surface area (Å²) >= 11 is 0. The summed E-state index contributed by atoms with van der Waals surface area (Å²) in [5, 5.41) is 9.04. The monoisotopic (exact) mass is 553 g/mol. The van der Waals surface area contributed by atoms with Gasteiger partial charge in [-0.05, 0) is 67.3 Å². The second-order valence-electron chi connectivity index (χ2n) is 9.99. The Morgan fingerprint density at radius 3 is 2.55 bits per heavy atom. The third-order valence-corrected chi connectivity index (χ3v) is 7.30. The third kappa shape index (κ3) is 5.95. The van der Waals surface area contributed by atoms with E-state index in [0.29, 0.717) is 11.6 Å². The van der Waals surface area contributed by atoms with Crippen molar-refractivity contribution >= 4 is 23.4 Å². The SMILES string of the molecule is Nc1nc(OCC(F)(F)c2ccccn2)nc2c1C(=O)N(c1ccc(C3CCC(CC(=O)O)CC3)cc1)CCO2. The number of nitrogens with two attached hydrogens (primary N) is 1. The molecule has 0 atom stereocenters. The minimum Gasteiger partial charge on any atom is -0.481 e. The second-order valence-corrected chi connectivity index (χ2v) is 9.99. The molecule has 1 fully saturated rings. The van der Waals surface area contributed by atoms with E-state index in [1.807, 2.05) is 24.3 Å². The molecule has 3 aromatic rings. The molecule has 3 heterocycles. The van der Waals surface area contributed by atoms with Crippen molar-refractivity contribution < 1.29 is 33.0 Å². The average molecular weight is 554 g/mol. The highest BCUT2D eigenvalue weighted by Gasteiger charge is 2.36. The number of benzene rings is 1. The summed E-state index contributed by atoms with van der Waals surface area (Å²) in [6, 6.07) is 11.4. The highest BCUT2D eigenvalue weighted by Crippen LogP contribution is 2.38. The van der Waals surface area contributed by atoms with Gasteiger partial charge in [0.1, 0.15) is 23.7 Å². The van der Waals surface area contributed by atoms with Crippen LogP contribution >= 0.6 is 0 Å². The molecule has 1 saturated carbocycles. The first-order chi connectivity index (χ1) is 19.2. The van der Waals surface area contributed by atoms with Gasteiger partial charge in [-0.3, -0.25) is 14.6 Å². The number of amides is 1. The molecule has 2 aromatic heterocycles. The van der Waals surface area contributed by atoms with Gasteiger partial charge in [-0.25, -0.2) is 0 Å². The lowest BCUT2D eigenvalue weighted by atomic mass is 9.77. The highest BCUT2D eigenvalue weighted by molar-refractivity contribution is 6.10. The molecule has 12 heteroatoms. The van der Waals surface area contributed by atoms with E-state index in [2.05, 4.69) is 15.0 Å². The summed E-state index contributed by atoms with van der Waals surface area (Å²) in [5.41, 5.74) is 7.31. The quantitative estimate of drug-likeness (QED) is 0.415. The fraction of sp³-hybridized carbons (Fsp3) is 0.393. The van der Waals surface area contributed by atoms with E-state index in [4.69, 9.17) is 20.3 Å². The van der Waals surface area contributed by atoms with Gasteiger partial charge in [-0.15, -0.1) is 0 Å². The lowest BCUT2D eigenvalue weighted by molar-refractivity contribution is -0.138. The van der Waals surface area contributed by atoms with Crippen molar-refractivity contribution in [2.75, 3.05) is 30.4 Å². The van der Waals surface area contributed by atoms with Gasteiger partial charge in [0.05, 0.1) is 6.54 Å². The molecule has 0 saturated heterocycles. The molecule has 1 amide bonds. The second kappa shape index (κ2) is 11.4. The van der Waals surface area contributed by atoms with E-state index in [0.717, 1.165) is 31.2 Å². The molecule has 0 unspecified atom stereocenters. The molecule has 210 valence electrons. The topological polar surface area (TPSA) is 141 Å². The number of alkyl halides is 2. The number of carbonyl (C=O) groups is 2. The van der Waals surface area contributed by atoms with Crippen molar-refractivity contribution in [1.29, 1.82) is 0 Å². The first-order valence-electron chi connectivity index (χ1n) is 13.1. The fourth-order valence-corrected chi connectivity index (χ4v) is 5.20. The van der Waals surface area contributed by atoms with Crippen LogP contribution in [0.1, 0.15) is 59.6 Å². The van der Waals surface area contributed by atoms with E-state index in [1.54, 1.807) is 0 Å². The number of ether oxygens (including phenoxy) is 2. The molecular weight excluding hydrogens is 524 g/mol.